The Kier molecular flexibility index (Phi) is 9.93. The molecule has 0 N–H and O–H groups in total. The summed E-state index contributed by atoms with van der Waals surface area (Å²) in [5.74, 6) is 0.0981. The van der Waals surface area contributed by atoms with Gasteiger partial charge in [-0.05, 0) is 69.2 Å². The minimum absolute atomic E-state index is 0.270. The monoisotopic (exact) mass is 537 g/mol. The van der Waals surface area contributed by atoms with E-state index in [1.807, 2.05) is 39.0 Å². The molecule has 0 radical (unpaired) electrons. The van der Waals surface area contributed by atoms with Crippen LogP contribution >= 0.6 is 11.3 Å². The Morgan fingerprint density at radius 3 is 2.41 bits per heavy atom. The Morgan fingerprint density at radius 2 is 1.78 bits per heavy atom. The van der Waals surface area contributed by atoms with Gasteiger partial charge in [0.05, 0.1) is 18.9 Å². The number of thiazole rings is 1. The normalized spacial score (nSPS) is 12.3. The molecule has 2 aromatic carbocycles. The van der Waals surface area contributed by atoms with E-state index in [0.29, 0.717) is 32.7 Å². The summed E-state index contributed by atoms with van der Waals surface area (Å²) in [4.78, 5) is 17.8. The number of aryl methyl sites for hydroxylation is 2. The maximum atomic E-state index is 12.4. The smallest absolute Gasteiger partial charge is 0.493 e. The molecule has 0 saturated carbocycles. The number of alkyl halides is 3. The van der Waals surface area contributed by atoms with Crippen LogP contribution in [0.1, 0.15) is 35.5 Å². The van der Waals surface area contributed by atoms with Crippen molar-refractivity contribution in [2.75, 3.05) is 19.8 Å². The molecule has 0 amide bonds. The highest BCUT2D eigenvalue weighted by molar-refractivity contribution is 7.15. The van der Waals surface area contributed by atoms with Gasteiger partial charge in [-0.25, -0.2) is 9.78 Å². The van der Waals surface area contributed by atoms with E-state index in [-0.39, 0.29) is 11.7 Å². The van der Waals surface area contributed by atoms with Crippen LogP contribution in [0.2, 0.25) is 0 Å². The molecule has 0 spiro atoms. The van der Waals surface area contributed by atoms with Gasteiger partial charge in [-0.1, -0.05) is 12.1 Å². The van der Waals surface area contributed by atoms with Gasteiger partial charge < -0.3 is 18.9 Å². The third-order valence-corrected chi connectivity index (χ3v) is 6.46. The highest BCUT2D eigenvalue weighted by Gasteiger charge is 2.31. The lowest BCUT2D eigenvalue weighted by Crippen LogP contribution is -2.29. The van der Waals surface area contributed by atoms with Crippen LogP contribution in [0.15, 0.2) is 42.5 Å². The van der Waals surface area contributed by atoms with Crippen molar-refractivity contribution >= 4 is 17.3 Å². The summed E-state index contributed by atoms with van der Waals surface area (Å²) in [5, 5.41) is 0.719. The molecule has 1 atom stereocenters. The summed E-state index contributed by atoms with van der Waals surface area (Å²) >= 11 is 1.47. The topological polar surface area (TPSA) is 66.9 Å². The van der Waals surface area contributed by atoms with E-state index < -0.39 is 12.5 Å². The molecule has 0 bridgehead atoms. The lowest BCUT2D eigenvalue weighted by atomic mass is 10.0. The Labute approximate surface area is 218 Å². The van der Waals surface area contributed by atoms with E-state index >= 15 is 0 Å². The van der Waals surface area contributed by atoms with Crippen molar-refractivity contribution in [1.29, 1.82) is 0 Å². The molecule has 37 heavy (non-hydrogen) atoms. The zero-order valence-corrected chi connectivity index (χ0v) is 22.0. The molecule has 10 heteroatoms. The van der Waals surface area contributed by atoms with Crippen LogP contribution < -0.4 is 9.47 Å². The lowest BCUT2D eigenvalue weighted by molar-refractivity contribution is -0.274. The number of hydrogen-bond acceptors (Lipinski definition) is 7. The van der Waals surface area contributed by atoms with Crippen molar-refractivity contribution < 1.29 is 36.9 Å². The van der Waals surface area contributed by atoms with Crippen molar-refractivity contribution in [3.8, 4) is 22.1 Å². The average Bonchev–Trinajstić information content (AvgIpc) is 3.20. The van der Waals surface area contributed by atoms with E-state index in [4.69, 9.17) is 14.2 Å². The number of carbonyl (C=O) groups excluding carboxylic acids is 1. The fraction of sp³-hybridized carbons (Fsp3) is 0.407. The number of benzene rings is 2. The summed E-state index contributed by atoms with van der Waals surface area (Å²) in [6.07, 6.45) is -4.38. The third kappa shape index (κ3) is 8.46. The number of rotatable bonds is 12. The summed E-state index contributed by atoms with van der Waals surface area (Å²) in [7, 11) is 0. The van der Waals surface area contributed by atoms with Crippen LogP contribution in [0.5, 0.6) is 11.5 Å². The zero-order valence-electron chi connectivity index (χ0n) is 21.2. The highest BCUT2D eigenvalue weighted by Crippen LogP contribution is 2.31. The van der Waals surface area contributed by atoms with Crippen LogP contribution in [0.4, 0.5) is 13.2 Å². The maximum Gasteiger partial charge on any atom is 0.573 e. The van der Waals surface area contributed by atoms with E-state index in [0.717, 1.165) is 38.0 Å². The van der Waals surface area contributed by atoms with Gasteiger partial charge in [0, 0.05) is 29.9 Å². The quantitative estimate of drug-likeness (QED) is 0.247. The van der Waals surface area contributed by atoms with Gasteiger partial charge in [-0.15, -0.1) is 24.5 Å². The van der Waals surface area contributed by atoms with Crippen LogP contribution in [0, 0.1) is 13.8 Å². The van der Waals surface area contributed by atoms with Crippen molar-refractivity contribution in [2.45, 2.75) is 53.0 Å². The van der Waals surface area contributed by atoms with Crippen LogP contribution in [0.25, 0.3) is 10.6 Å². The fourth-order valence-corrected chi connectivity index (χ4v) is 4.67. The number of carbonyl (C=O) groups is 1. The van der Waals surface area contributed by atoms with Crippen molar-refractivity contribution in [3.05, 3.63) is 64.2 Å². The van der Waals surface area contributed by atoms with Gasteiger partial charge in [0.1, 0.15) is 16.5 Å². The molecule has 0 aliphatic heterocycles. The highest BCUT2D eigenvalue weighted by atomic mass is 32.1. The Hall–Kier alpha value is -3.11. The van der Waals surface area contributed by atoms with Gasteiger partial charge in [-0.2, -0.15) is 0 Å². The molecule has 0 aliphatic carbocycles. The first-order chi connectivity index (χ1) is 17.6. The van der Waals surface area contributed by atoms with E-state index in [1.54, 1.807) is 19.1 Å². The summed E-state index contributed by atoms with van der Waals surface area (Å²) in [6, 6.07) is 11.4. The van der Waals surface area contributed by atoms with Gasteiger partial charge in [0.15, 0.2) is 6.10 Å². The second kappa shape index (κ2) is 12.9. The largest absolute Gasteiger partial charge is 0.573 e. The molecular formula is C27H30F3NO5S. The fourth-order valence-electron chi connectivity index (χ4n) is 3.70. The molecule has 1 unspecified atom stereocenters. The number of ether oxygens (including phenoxy) is 4. The number of nitrogens with zero attached hydrogens (tertiary/aromatic N) is 1. The van der Waals surface area contributed by atoms with E-state index in [1.165, 1.54) is 23.5 Å². The molecule has 3 aromatic rings. The minimum Gasteiger partial charge on any atom is -0.493 e. The number of hydrogen-bond donors (Lipinski definition) is 0. The Bertz CT molecular complexity index is 1180. The van der Waals surface area contributed by atoms with Gasteiger partial charge >= 0.3 is 12.3 Å². The van der Waals surface area contributed by atoms with Gasteiger partial charge in [0.25, 0.3) is 0 Å². The molecular weight excluding hydrogens is 507 g/mol. The molecule has 200 valence electrons. The van der Waals surface area contributed by atoms with Crippen LogP contribution in [-0.2, 0) is 27.1 Å². The zero-order chi connectivity index (χ0) is 27.0. The first-order valence-corrected chi connectivity index (χ1v) is 12.7. The number of aromatic nitrogens is 1. The van der Waals surface area contributed by atoms with Crippen molar-refractivity contribution in [1.82, 2.24) is 4.98 Å². The Morgan fingerprint density at radius 1 is 1.05 bits per heavy atom. The summed E-state index contributed by atoms with van der Waals surface area (Å²) in [5.41, 5.74) is 3.48. The predicted molar refractivity (Wildman–Crippen MR) is 135 cm³/mol. The first kappa shape index (κ1) is 28.5. The summed E-state index contributed by atoms with van der Waals surface area (Å²) < 4.78 is 57.7. The van der Waals surface area contributed by atoms with E-state index in [2.05, 4.69) is 9.72 Å². The second-order valence-corrected chi connectivity index (χ2v) is 9.40. The molecule has 0 saturated heterocycles. The maximum absolute atomic E-state index is 12.4. The number of halogens is 3. The second-order valence-electron chi connectivity index (χ2n) is 8.19. The molecule has 3 rings (SSSR count). The van der Waals surface area contributed by atoms with Crippen molar-refractivity contribution in [2.24, 2.45) is 0 Å². The van der Waals surface area contributed by atoms with E-state index in [9.17, 15) is 18.0 Å². The minimum atomic E-state index is -4.72. The standard InChI is InChI=1S/C27H30F3NO5S/c1-5-33-24(26(32)34-6-2)16-19-7-12-23(17(3)15-19)35-14-13-22-18(4)37-25(31-22)20-8-10-21(11-9-20)36-27(28,29)30/h7-12,15,24H,5-6,13-14,16H2,1-4H3. The number of esters is 1. The first-order valence-electron chi connectivity index (χ1n) is 11.9. The SMILES string of the molecule is CCOC(=O)C(Cc1ccc(OCCc2nc(-c3ccc(OC(F)(F)F)cc3)sc2C)c(C)c1)OCC. The molecule has 0 fully saturated rings. The molecule has 1 heterocycles. The molecule has 0 aliphatic rings. The van der Waals surface area contributed by atoms with Crippen LogP contribution in [-0.4, -0.2) is 43.2 Å². The predicted octanol–water partition coefficient (Wildman–Crippen LogP) is 6.46. The van der Waals surface area contributed by atoms with Crippen LogP contribution in [0.3, 0.4) is 0 Å². The van der Waals surface area contributed by atoms with Gasteiger partial charge in [0.2, 0.25) is 0 Å². The van der Waals surface area contributed by atoms with Gasteiger partial charge in [-0.3, -0.25) is 0 Å². The Balaban J connectivity index is 1.58. The molecule has 6 nitrogen and oxygen atoms in total. The average molecular weight is 538 g/mol. The third-order valence-electron chi connectivity index (χ3n) is 5.40. The lowest BCUT2D eigenvalue weighted by Gasteiger charge is -2.16. The molecule has 1 aromatic heterocycles. The summed E-state index contributed by atoms with van der Waals surface area (Å²) in [6.45, 7) is 8.63. The van der Waals surface area contributed by atoms with Crippen molar-refractivity contribution in [3.63, 3.8) is 0 Å².